The lowest BCUT2D eigenvalue weighted by Crippen LogP contribution is -2.30. The first-order valence-corrected chi connectivity index (χ1v) is 9.65. The largest absolute Gasteiger partial charge is 0.352 e. The summed E-state index contributed by atoms with van der Waals surface area (Å²) in [6.07, 6.45) is 0. The van der Waals surface area contributed by atoms with E-state index in [4.69, 9.17) is 0 Å². The van der Waals surface area contributed by atoms with E-state index in [2.05, 4.69) is 55.7 Å². The van der Waals surface area contributed by atoms with Crippen LogP contribution in [0.2, 0.25) is 0 Å². The Hall–Kier alpha value is -2.66. The average molecular weight is 382 g/mol. The number of likely N-dealkylation sites (N-methyl/N-ethyl adjacent to an activating group) is 1. The van der Waals surface area contributed by atoms with E-state index in [0.717, 1.165) is 0 Å². The van der Waals surface area contributed by atoms with Crippen molar-refractivity contribution in [2.75, 3.05) is 25.5 Å². The SMILES string of the molecule is CCNC(=O)c1cccc(NC(=O)CN(C)Cc2ccc(C(C)(C)C)cc2)c1. The van der Waals surface area contributed by atoms with Crippen molar-refractivity contribution < 1.29 is 9.59 Å². The van der Waals surface area contributed by atoms with Crippen LogP contribution in [0.4, 0.5) is 5.69 Å². The topological polar surface area (TPSA) is 61.4 Å². The Morgan fingerprint density at radius 2 is 1.71 bits per heavy atom. The summed E-state index contributed by atoms with van der Waals surface area (Å²) >= 11 is 0. The summed E-state index contributed by atoms with van der Waals surface area (Å²) in [6, 6.07) is 15.5. The first-order chi connectivity index (χ1) is 13.2. The Morgan fingerprint density at radius 1 is 1.04 bits per heavy atom. The van der Waals surface area contributed by atoms with Gasteiger partial charge in [0.15, 0.2) is 0 Å². The van der Waals surface area contributed by atoms with E-state index < -0.39 is 0 Å². The van der Waals surface area contributed by atoms with Crippen molar-refractivity contribution in [3.8, 4) is 0 Å². The number of amides is 2. The number of anilines is 1. The first-order valence-electron chi connectivity index (χ1n) is 9.65. The summed E-state index contributed by atoms with van der Waals surface area (Å²) in [6.45, 7) is 9.98. The van der Waals surface area contributed by atoms with Crippen LogP contribution in [0.1, 0.15) is 49.2 Å². The number of rotatable bonds is 7. The molecular formula is C23H31N3O2. The second-order valence-corrected chi connectivity index (χ2v) is 8.11. The molecule has 0 aliphatic rings. The summed E-state index contributed by atoms with van der Waals surface area (Å²) in [4.78, 5) is 26.2. The lowest BCUT2D eigenvalue weighted by molar-refractivity contribution is -0.117. The summed E-state index contributed by atoms with van der Waals surface area (Å²) in [5, 5.41) is 5.62. The second kappa shape index (κ2) is 9.51. The van der Waals surface area contributed by atoms with Crippen LogP contribution in [0.25, 0.3) is 0 Å². The second-order valence-electron chi connectivity index (χ2n) is 8.11. The van der Waals surface area contributed by atoms with Crippen LogP contribution in [-0.4, -0.2) is 36.9 Å². The molecule has 0 heterocycles. The Labute approximate surface area is 168 Å². The molecular weight excluding hydrogens is 350 g/mol. The molecule has 5 nitrogen and oxygen atoms in total. The molecule has 2 rings (SSSR count). The maximum atomic E-state index is 12.4. The number of carbonyl (C=O) groups excluding carboxylic acids is 2. The maximum absolute atomic E-state index is 12.4. The molecule has 0 atom stereocenters. The minimum atomic E-state index is -0.144. The number of nitrogens with one attached hydrogen (secondary N) is 2. The van der Waals surface area contributed by atoms with Gasteiger partial charge in [0.05, 0.1) is 6.54 Å². The zero-order chi connectivity index (χ0) is 20.7. The fourth-order valence-electron chi connectivity index (χ4n) is 2.92. The Kier molecular flexibility index (Phi) is 7.35. The van der Waals surface area contributed by atoms with Gasteiger partial charge >= 0.3 is 0 Å². The molecule has 0 spiro atoms. The molecule has 0 radical (unpaired) electrons. The molecule has 28 heavy (non-hydrogen) atoms. The number of nitrogens with zero attached hydrogens (tertiary/aromatic N) is 1. The van der Waals surface area contributed by atoms with Crippen LogP contribution in [0.3, 0.4) is 0 Å². The summed E-state index contributed by atoms with van der Waals surface area (Å²) in [5.41, 5.74) is 3.75. The van der Waals surface area contributed by atoms with Crippen LogP contribution in [0.5, 0.6) is 0 Å². The predicted molar refractivity (Wildman–Crippen MR) is 115 cm³/mol. The van der Waals surface area contributed by atoms with Gasteiger partial charge in [-0.05, 0) is 48.7 Å². The van der Waals surface area contributed by atoms with Gasteiger partial charge in [0, 0.05) is 24.3 Å². The molecule has 150 valence electrons. The zero-order valence-corrected chi connectivity index (χ0v) is 17.5. The third kappa shape index (κ3) is 6.50. The highest BCUT2D eigenvalue weighted by Crippen LogP contribution is 2.22. The standard InChI is InChI=1S/C23H31N3O2/c1-6-24-22(28)18-8-7-9-20(14-18)25-21(27)16-26(5)15-17-10-12-19(13-11-17)23(2,3)4/h7-14H,6,15-16H2,1-5H3,(H,24,28)(H,25,27). The van der Waals surface area contributed by atoms with Crippen molar-refractivity contribution in [3.63, 3.8) is 0 Å². The van der Waals surface area contributed by atoms with E-state index in [9.17, 15) is 9.59 Å². The lowest BCUT2D eigenvalue weighted by atomic mass is 9.87. The van der Waals surface area contributed by atoms with Crippen molar-refractivity contribution >= 4 is 17.5 Å². The van der Waals surface area contributed by atoms with Gasteiger partial charge in [-0.25, -0.2) is 0 Å². The minimum absolute atomic E-state index is 0.109. The van der Waals surface area contributed by atoms with Crippen LogP contribution >= 0.6 is 0 Å². The third-order valence-corrected chi connectivity index (χ3v) is 4.43. The van der Waals surface area contributed by atoms with Crippen LogP contribution in [0.15, 0.2) is 48.5 Å². The van der Waals surface area contributed by atoms with Crippen molar-refractivity contribution in [2.24, 2.45) is 0 Å². The van der Waals surface area contributed by atoms with Crippen molar-refractivity contribution in [3.05, 3.63) is 65.2 Å². The van der Waals surface area contributed by atoms with Crippen molar-refractivity contribution in [2.45, 2.75) is 39.7 Å². The first kappa shape index (κ1) is 21.6. The van der Waals surface area contributed by atoms with E-state index in [0.29, 0.717) is 24.3 Å². The fraction of sp³-hybridized carbons (Fsp3) is 0.391. The molecule has 0 aliphatic heterocycles. The van der Waals surface area contributed by atoms with E-state index in [1.165, 1.54) is 11.1 Å². The molecule has 0 saturated carbocycles. The predicted octanol–water partition coefficient (Wildman–Crippen LogP) is 3.80. The maximum Gasteiger partial charge on any atom is 0.251 e. The smallest absolute Gasteiger partial charge is 0.251 e. The number of carbonyl (C=O) groups is 2. The van der Waals surface area contributed by atoms with Gasteiger partial charge in [-0.3, -0.25) is 14.5 Å². The monoisotopic (exact) mass is 381 g/mol. The molecule has 2 aromatic carbocycles. The third-order valence-electron chi connectivity index (χ3n) is 4.43. The van der Waals surface area contributed by atoms with Gasteiger partial charge in [-0.15, -0.1) is 0 Å². The molecule has 0 aromatic heterocycles. The molecule has 5 heteroatoms. The fourth-order valence-corrected chi connectivity index (χ4v) is 2.92. The van der Waals surface area contributed by atoms with E-state index in [-0.39, 0.29) is 23.8 Å². The van der Waals surface area contributed by atoms with E-state index in [1.54, 1.807) is 24.3 Å². The zero-order valence-electron chi connectivity index (χ0n) is 17.5. The lowest BCUT2D eigenvalue weighted by Gasteiger charge is -2.20. The quantitative estimate of drug-likeness (QED) is 0.767. The number of hydrogen-bond donors (Lipinski definition) is 2. The van der Waals surface area contributed by atoms with E-state index in [1.807, 2.05) is 18.9 Å². The summed E-state index contributed by atoms with van der Waals surface area (Å²) < 4.78 is 0. The number of hydrogen-bond acceptors (Lipinski definition) is 3. The van der Waals surface area contributed by atoms with Crippen molar-refractivity contribution in [1.82, 2.24) is 10.2 Å². The molecule has 0 saturated heterocycles. The van der Waals surface area contributed by atoms with Crippen LogP contribution < -0.4 is 10.6 Å². The minimum Gasteiger partial charge on any atom is -0.352 e. The highest BCUT2D eigenvalue weighted by molar-refractivity contribution is 5.97. The van der Waals surface area contributed by atoms with Crippen LogP contribution in [0, 0.1) is 0 Å². The Morgan fingerprint density at radius 3 is 2.32 bits per heavy atom. The molecule has 2 N–H and O–H groups in total. The van der Waals surface area contributed by atoms with Gasteiger partial charge in [-0.1, -0.05) is 51.1 Å². The van der Waals surface area contributed by atoms with Crippen LogP contribution in [-0.2, 0) is 16.8 Å². The van der Waals surface area contributed by atoms with Gasteiger partial charge in [0.1, 0.15) is 0 Å². The number of benzene rings is 2. The van der Waals surface area contributed by atoms with Crippen molar-refractivity contribution in [1.29, 1.82) is 0 Å². The Balaban J connectivity index is 1.90. The van der Waals surface area contributed by atoms with Gasteiger partial charge in [-0.2, -0.15) is 0 Å². The molecule has 2 aromatic rings. The molecule has 0 unspecified atom stereocenters. The molecule has 0 aliphatic carbocycles. The normalized spacial score (nSPS) is 11.4. The summed E-state index contributed by atoms with van der Waals surface area (Å²) in [5.74, 6) is -0.253. The summed E-state index contributed by atoms with van der Waals surface area (Å²) in [7, 11) is 1.92. The molecule has 0 fully saturated rings. The molecule has 0 bridgehead atoms. The van der Waals surface area contributed by atoms with Gasteiger partial charge in [0.25, 0.3) is 5.91 Å². The Bertz CT molecular complexity index is 807. The highest BCUT2D eigenvalue weighted by Gasteiger charge is 2.14. The van der Waals surface area contributed by atoms with E-state index >= 15 is 0 Å². The highest BCUT2D eigenvalue weighted by atomic mass is 16.2. The molecule has 2 amide bonds. The van der Waals surface area contributed by atoms with Gasteiger partial charge in [0.2, 0.25) is 5.91 Å². The average Bonchev–Trinajstić information content (AvgIpc) is 2.61. The van der Waals surface area contributed by atoms with Gasteiger partial charge < -0.3 is 10.6 Å².